The van der Waals surface area contributed by atoms with E-state index in [9.17, 15) is 4.39 Å². The summed E-state index contributed by atoms with van der Waals surface area (Å²) >= 11 is 0. The van der Waals surface area contributed by atoms with Crippen LogP contribution in [0.1, 0.15) is 31.2 Å². The van der Waals surface area contributed by atoms with E-state index in [1.165, 1.54) is 31.7 Å². The molecule has 1 aliphatic rings. The second-order valence-electron chi connectivity index (χ2n) is 4.69. The van der Waals surface area contributed by atoms with Crippen molar-refractivity contribution in [2.45, 2.75) is 38.6 Å². The van der Waals surface area contributed by atoms with Crippen molar-refractivity contribution in [2.75, 3.05) is 13.2 Å². The summed E-state index contributed by atoms with van der Waals surface area (Å²) in [6.07, 6.45) is 5.26. The van der Waals surface area contributed by atoms with Gasteiger partial charge in [-0.2, -0.15) is 0 Å². The van der Waals surface area contributed by atoms with Crippen LogP contribution >= 0.6 is 0 Å². The Morgan fingerprint density at radius 3 is 2.82 bits per heavy atom. The molecule has 0 spiro atoms. The standard InChI is InChI=1S/C14H20FNO/c1-11-10-13(6-7-14(11)15)17-9-8-16-12-4-2-3-5-12/h6-7,10,12,16H,2-5,8-9H2,1H3. The highest BCUT2D eigenvalue weighted by Crippen LogP contribution is 2.18. The fraction of sp³-hybridized carbons (Fsp3) is 0.571. The first kappa shape index (κ1) is 12.4. The average Bonchev–Trinajstić information content (AvgIpc) is 2.82. The van der Waals surface area contributed by atoms with Crippen LogP contribution in [0.15, 0.2) is 18.2 Å². The highest BCUT2D eigenvalue weighted by molar-refractivity contribution is 5.28. The topological polar surface area (TPSA) is 21.3 Å². The summed E-state index contributed by atoms with van der Waals surface area (Å²) in [7, 11) is 0. The number of hydrogen-bond donors (Lipinski definition) is 1. The van der Waals surface area contributed by atoms with Crippen molar-refractivity contribution < 1.29 is 9.13 Å². The number of hydrogen-bond acceptors (Lipinski definition) is 2. The molecule has 1 aromatic carbocycles. The predicted molar refractivity (Wildman–Crippen MR) is 66.9 cm³/mol. The van der Waals surface area contributed by atoms with Gasteiger partial charge in [-0.1, -0.05) is 12.8 Å². The highest BCUT2D eigenvalue weighted by Gasteiger charge is 2.13. The number of rotatable bonds is 5. The third kappa shape index (κ3) is 3.70. The third-order valence-corrected chi connectivity index (χ3v) is 3.29. The van der Waals surface area contributed by atoms with Crippen molar-refractivity contribution >= 4 is 0 Å². The Morgan fingerprint density at radius 2 is 2.12 bits per heavy atom. The summed E-state index contributed by atoms with van der Waals surface area (Å²) in [5, 5.41) is 3.48. The molecule has 0 heterocycles. The van der Waals surface area contributed by atoms with E-state index in [-0.39, 0.29) is 5.82 Å². The molecule has 3 heteroatoms. The van der Waals surface area contributed by atoms with Crippen molar-refractivity contribution in [3.63, 3.8) is 0 Å². The zero-order valence-electron chi connectivity index (χ0n) is 10.3. The number of aryl methyl sites for hydroxylation is 1. The molecule has 2 nitrogen and oxygen atoms in total. The van der Waals surface area contributed by atoms with E-state index in [2.05, 4.69) is 5.32 Å². The van der Waals surface area contributed by atoms with Gasteiger partial charge < -0.3 is 10.1 Å². The van der Waals surface area contributed by atoms with E-state index in [1.54, 1.807) is 19.1 Å². The molecule has 0 unspecified atom stereocenters. The lowest BCUT2D eigenvalue weighted by Gasteiger charge is -2.12. The summed E-state index contributed by atoms with van der Waals surface area (Å²) < 4.78 is 18.6. The molecule has 0 aliphatic heterocycles. The van der Waals surface area contributed by atoms with E-state index in [4.69, 9.17) is 4.74 Å². The van der Waals surface area contributed by atoms with Crippen molar-refractivity contribution in [3.8, 4) is 5.75 Å². The molecule has 94 valence electrons. The van der Waals surface area contributed by atoms with Gasteiger partial charge >= 0.3 is 0 Å². The lowest BCUT2D eigenvalue weighted by Crippen LogP contribution is -2.30. The van der Waals surface area contributed by atoms with E-state index in [1.807, 2.05) is 0 Å². The maximum Gasteiger partial charge on any atom is 0.126 e. The molecule has 2 rings (SSSR count). The van der Waals surface area contributed by atoms with Gasteiger partial charge in [-0.25, -0.2) is 4.39 Å². The van der Waals surface area contributed by atoms with Gasteiger partial charge in [0.2, 0.25) is 0 Å². The SMILES string of the molecule is Cc1cc(OCCNC2CCCC2)ccc1F. The van der Waals surface area contributed by atoms with Gasteiger partial charge in [-0.15, -0.1) is 0 Å². The lowest BCUT2D eigenvalue weighted by atomic mass is 10.2. The second-order valence-corrected chi connectivity index (χ2v) is 4.69. The first-order valence-corrected chi connectivity index (χ1v) is 6.38. The molecule has 1 N–H and O–H groups in total. The van der Waals surface area contributed by atoms with Gasteiger partial charge in [0.1, 0.15) is 18.2 Å². The quantitative estimate of drug-likeness (QED) is 0.795. The molecule has 0 radical (unpaired) electrons. The Kier molecular flexibility index (Phi) is 4.37. The molecule has 0 saturated heterocycles. The molecule has 0 aromatic heterocycles. The smallest absolute Gasteiger partial charge is 0.126 e. The van der Waals surface area contributed by atoms with E-state index in [0.29, 0.717) is 18.2 Å². The summed E-state index contributed by atoms with van der Waals surface area (Å²) in [6.45, 7) is 3.25. The maximum absolute atomic E-state index is 13.0. The molecule has 0 atom stereocenters. The molecular weight excluding hydrogens is 217 g/mol. The maximum atomic E-state index is 13.0. The second kappa shape index (κ2) is 6.01. The van der Waals surface area contributed by atoms with Crippen molar-refractivity contribution in [1.82, 2.24) is 5.32 Å². The Morgan fingerprint density at radius 1 is 1.35 bits per heavy atom. The van der Waals surface area contributed by atoms with E-state index < -0.39 is 0 Å². The van der Waals surface area contributed by atoms with Crippen LogP contribution in [0.4, 0.5) is 4.39 Å². The van der Waals surface area contributed by atoms with Crippen LogP contribution in [0.3, 0.4) is 0 Å². The first-order chi connectivity index (χ1) is 8.25. The molecule has 1 saturated carbocycles. The zero-order valence-corrected chi connectivity index (χ0v) is 10.3. The van der Waals surface area contributed by atoms with Crippen molar-refractivity contribution in [1.29, 1.82) is 0 Å². The third-order valence-electron chi connectivity index (χ3n) is 3.29. The predicted octanol–water partition coefficient (Wildman–Crippen LogP) is 3.05. The molecule has 0 amide bonds. The molecule has 1 fully saturated rings. The van der Waals surface area contributed by atoms with Crippen molar-refractivity contribution in [3.05, 3.63) is 29.6 Å². The molecule has 1 aliphatic carbocycles. The van der Waals surface area contributed by atoms with Crippen LogP contribution in [0.5, 0.6) is 5.75 Å². The molecular formula is C14H20FNO. The molecule has 17 heavy (non-hydrogen) atoms. The fourth-order valence-corrected chi connectivity index (χ4v) is 2.27. The highest BCUT2D eigenvalue weighted by atomic mass is 19.1. The van der Waals surface area contributed by atoms with Gasteiger partial charge in [-0.05, 0) is 43.5 Å². The van der Waals surface area contributed by atoms with Gasteiger partial charge in [0, 0.05) is 12.6 Å². The minimum Gasteiger partial charge on any atom is -0.492 e. The number of halogens is 1. The minimum absolute atomic E-state index is 0.179. The van der Waals surface area contributed by atoms with Crippen LogP contribution < -0.4 is 10.1 Å². The Bertz CT molecular complexity index is 361. The van der Waals surface area contributed by atoms with Gasteiger partial charge in [0.05, 0.1) is 0 Å². The monoisotopic (exact) mass is 237 g/mol. The van der Waals surface area contributed by atoms with Gasteiger partial charge in [0.25, 0.3) is 0 Å². The van der Waals surface area contributed by atoms with E-state index >= 15 is 0 Å². The Balaban J connectivity index is 1.68. The van der Waals surface area contributed by atoms with Crippen molar-refractivity contribution in [2.24, 2.45) is 0 Å². The van der Waals surface area contributed by atoms with Crippen LogP contribution in [-0.2, 0) is 0 Å². The Labute approximate surface area is 102 Å². The normalized spacial score (nSPS) is 16.4. The van der Waals surface area contributed by atoms with Crippen LogP contribution in [0.2, 0.25) is 0 Å². The van der Waals surface area contributed by atoms with Crippen LogP contribution in [0.25, 0.3) is 0 Å². The molecule has 0 bridgehead atoms. The zero-order chi connectivity index (χ0) is 12.1. The number of ether oxygens (including phenoxy) is 1. The summed E-state index contributed by atoms with van der Waals surface area (Å²) in [5.74, 6) is 0.568. The number of nitrogens with one attached hydrogen (secondary N) is 1. The van der Waals surface area contributed by atoms with Crippen LogP contribution in [0, 0.1) is 12.7 Å². The van der Waals surface area contributed by atoms with E-state index in [0.717, 1.165) is 12.3 Å². The average molecular weight is 237 g/mol. The molecule has 1 aromatic rings. The largest absolute Gasteiger partial charge is 0.492 e. The van der Waals surface area contributed by atoms with Gasteiger partial charge in [0.15, 0.2) is 0 Å². The Hall–Kier alpha value is -1.09. The van der Waals surface area contributed by atoms with Crippen LogP contribution in [-0.4, -0.2) is 19.2 Å². The summed E-state index contributed by atoms with van der Waals surface area (Å²) in [5.41, 5.74) is 0.631. The fourth-order valence-electron chi connectivity index (χ4n) is 2.27. The minimum atomic E-state index is -0.179. The summed E-state index contributed by atoms with van der Waals surface area (Å²) in [4.78, 5) is 0. The number of benzene rings is 1. The summed E-state index contributed by atoms with van der Waals surface area (Å²) in [6, 6.07) is 5.55. The first-order valence-electron chi connectivity index (χ1n) is 6.38. The lowest BCUT2D eigenvalue weighted by molar-refractivity contribution is 0.304. The van der Waals surface area contributed by atoms with Gasteiger partial charge in [-0.3, -0.25) is 0 Å².